The molecule has 0 bridgehead atoms. The summed E-state index contributed by atoms with van der Waals surface area (Å²) in [7, 11) is -4.81. The van der Waals surface area contributed by atoms with E-state index in [1.165, 1.54) is 12.1 Å². The predicted molar refractivity (Wildman–Crippen MR) is 59.5 cm³/mol. The average Bonchev–Trinajstić information content (AvgIpc) is 2.13. The standard InChI is InChI=1S/C11H13F3O3S/c1-10(2,3)8-4-6-9(7-5-8)18(15,16)17-11(12,13)14/h4-7H,1-3H3. The summed E-state index contributed by atoms with van der Waals surface area (Å²) in [6.45, 7) is 5.72. The van der Waals surface area contributed by atoms with Crippen LogP contribution < -0.4 is 0 Å². The Kier molecular flexibility index (Phi) is 3.78. The molecule has 0 aromatic heterocycles. The lowest BCUT2D eigenvalue weighted by Crippen LogP contribution is -2.20. The molecule has 0 atom stereocenters. The fourth-order valence-electron chi connectivity index (χ4n) is 1.29. The maximum atomic E-state index is 11.9. The van der Waals surface area contributed by atoms with Crippen molar-refractivity contribution in [3.05, 3.63) is 29.8 Å². The van der Waals surface area contributed by atoms with Gasteiger partial charge in [0.05, 0.1) is 4.90 Å². The largest absolute Gasteiger partial charge is 0.537 e. The molecule has 1 aromatic rings. The number of rotatable bonds is 2. The van der Waals surface area contributed by atoms with Gasteiger partial charge in [0.25, 0.3) is 0 Å². The second kappa shape index (κ2) is 4.55. The van der Waals surface area contributed by atoms with Gasteiger partial charge in [-0.1, -0.05) is 32.9 Å². The quantitative estimate of drug-likeness (QED) is 0.782. The lowest BCUT2D eigenvalue weighted by Gasteiger charge is -2.19. The van der Waals surface area contributed by atoms with Gasteiger partial charge in [0.1, 0.15) is 0 Å². The predicted octanol–water partition coefficient (Wildman–Crippen LogP) is 3.21. The summed E-state index contributed by atoms with van der Waals surface area (Å²) in [5.41, 5.74) is 0.598. The normalized spacial score (nSPS) is 13.7. The van der Waals surface area contributed by atoms with E-state index in [1.807, 2.05) is 20.8 Å². The summed E-state index contributed by atoms with van der Waals surface area (Å²) in [4.78, 5) is -0.521. The van der Waals surface area contributed by atoms with Gasteiger partial charge in [-0.2, -0.15) is 12.6 Å². The number of hydrogen-bond donors (Lipinski definition) is 0. The van der Waals surface area contributed by atoms with Crippen LogP contribution in [0, 0.1) is 0 Å². The second-order valence-corrected chi connectivity index (χ2v) is 6.30. The lowest BCUT2D eigenvalue weighted by atomic mass is 9.87. The van der Waals surface area contributed by atoms with Gasteiger partial charge in [0.15, 0.2) is 0 Å². The Morgan fingerprint density at radius 2 is 1.44 bits per heavy atom. The minimum atomic E-state index is -5.22. The highest BCUT2D eigenvalue weighted by Crippen LogP contribution is 2.27. The zero-order valence-corrected chi connectivity index (χ0v) is 10.9. The molecule has 3 nitrogen and oxygen atoms in total. The van der Waals surface area contributed by atoms with Crippen LogP contribution in [0.3, 0.4) is 0 Å². The number of halogens is 3. The van der Waals surface area contributed by atoms with Gasteiger partial charge < -0.3 is 0 Å². The minimum Gasteiger partial charge on any atom is -0.194 e. The summed E-state index contributed by atoms with van der Waals surface area (Å²) >= 11 is 0. The van der Waals surface area contributed by atoms with E-state index in [1.54, 1.807) is 0 Å². The van der Waals surface area contributed by atoms with Crippen LogP contribution in [0.5, 0.6) is 0 Å². The van der Waals surface area contributed by atoms with E-state index in [9.17, 15) is 21.6 Å². The summed E-state index contributed by atoms with van der Waals surface area (Å²) < 4.78 is 61.4. The molecule has 0 aliphatic carbocycles. The maximum absolute atomic E-state index is 11.9. The fraction of sp³-hybridized carbons (Fsp3) is 0.455. The van der Waals surface area contributed by atoms with Gasteiger partial charge in [-0.25, -0.2) is 0 Å². The van der Waals surface area contributed by atoms with Gasteiger partial charge in [-0.15, -0.1) is 13.2 Å². The van der Waals surface area contributed by atoms with E-state index in [-0.39, 0.29) is 5.41 Å². The van der Waals surface area contributed by atoms with Crippen LogP contribution in [0.15, 0.2) is 29.2 Å². The zero-order valence-electron chi connectivity index (χ0n) is 10.1. The molecule has 0 radical (unpaired) electrons. The summed E-state index contributed by atoms with van der Waals surface area (Å²) in [6, 6.07) is 5.13. The Bertz CT molecular complexity index is 510. The topological polar surface area (TPSA) is 43.4 Å². The highest BCUT2D eigenvalue weighted by Gasteiger charge is 2.37. The first-order valence-corrected chi connectivity index (χ1v) is 6.45. The minimum absolute atomic E-state index is 0.215. The Morgan fingerprint density at radius 3 is 1.78 bits per heavy atom. The molecule has 0 N–H and O–H groups in total. The third-order valence-corrected chi connectivity index (χ3v) is 3.47. The molecule has 0 fully saturated rings. The van der Waals surface area contributed by atoms with Gasteiger partial charge in [0, 0.05) is 0 Å². The van der Waals surface area contributed by atoms with Gasteiger partial charge in [-0.3, -0.25) is 0 Å². The molecule has 0 aliphatic heterocycles. The van der Waals surface area contributed by atoms with E-state index >= 15 is 0 Å². The first-order chi connectivity index (χ1) is 7.92. The van der Waals surface area contributed by atoms with E-state index in [0.717, 1.165) is 17.7 Å². The van der Waals surface area contributed by atoms with Crippen molar-refractivity contribution in [2.75, 3.05) is 0 Å². The van der Waals surface area contributed by atoms with Crippen molar-refractivity contribution in [3.63, 3.8) is 0 Å². The monoisotopic (exact) mass is 282 g/mol. The van der Waals surface area contributed by atoms with E-state index in [2.05, 4.69) is 4.18 Å². The van der Waals surface area contributed by atoms with Gasteiger partial charge in [0.2, 0.25) is 0 Å². The molecule has 18 heavy (non-hydrogen) atoms. The Balaban J connectivity index is 3.06. The van der Waals surface area contributed by atoms with Crippen LogP contribution in [-0.4, -0.2) is 14.8 Å². The number of alkyl halides is 3. The lowest BCUT2D eigenvalue weighted by molar-refractivity contribution is -0.271. The van der Waals surface area contributed by atoms with Crippen molar-refractivity contribution in [1.29, 1.82) is 0 Å². The molecule has 0 unspecified atom stereocenters. The Morgan fingerprint density at radius 1 is 1.00 bits per heavy atom. The molecule has 0 amide bonds. The SMILES string of the molecule is CC(C)(C)c1ccc(S(=O)(=O)OC(F)(F)F)cc1. The molecule has 0 saturated carbocycles. The van der Waals surface area contributed by atoms with E-state index in [0.29, 0.717) is 0 Å². The average molecular weight is 282 g/mol. The third kappa shape index (κ3) is 3.99. The van der Waals surface area contributed by atoms with Crippen molar-refractivity contribution in [1.82, 2.24) is 0 Å². The summed E-state index contributed by atoms with van der Waals surface area (Å²) in [5.74, 6) is 0. The molecule has 102 valence electrons. The molecular formula is C11H13F3O3S. The number of hydrogen-bond acceptors (Lipinski definition) is 3. The summed E-state index contributed by atoms with van der Waals surface area (Å²) in [5, 5.41) is 0. The fourth-order valence-corrected chi connectivity index (χ4v) is 2.11. The Hall–Kier alpha value is -1.08. The van der Waals surface area contributed by atoms with Crippen molar-refractivity contribution in [2.45, 2.75) is 37.4 Å². The first kappa shape index (κ1) is 15.0. The molecular weight excluding hydrogens is 269 g/mol. The zero-order chi connectivity index (χ0) is 14.2. The van der Waals surface area contributed by atoms with Crippen LogP contribution >= 0.6 is 0 Å². The van der Waals surface area contributed by atoms with Crippen LogP contribution in [0.4, 0.5) is 13.2 Å². The highest BCUT2D eigenvalue weighted by atomic mass is 32.2. The van der Waals surface area contributed by atoms with Crippen LogP contribution in [0.1, 0.15) is 26.3 Å². The second-order valence-electron chi connectivity index (χ2n) is 4.76. The molecule has 1 rings (SSSR count). The molecule has 0 saturated heterocycles. The first-order valence-electron chi connectivity index (χ1n) is 5.05. The van der Waals surface area contributed by atoms with Gasteiger partial charge >= 0.3 is 16.5 Å². The molecule has 0 spiro atoms. The van der Waals surface area contributed by atoms with Gasteiger partial charge in [-0.05, 0) is 23.1 Å². The van der Waals surface area contributed by atoms with Crippen molar-refractivity contribution >= 4 is 10.1 Å². The smallest absolute Gasteiger partial charge is 0.194 e. The molecule has 1 aromatic carbocycles. The van der Waals surface area contributed by atoms with Crippen LogP contribution in [0.25, 0.3) is 0 Å². The van der Waals surface area contributed by atoms with Crippen LogP contribution in [-0.2, 0) is 19.7 Å². The number of benzene rings is 1. The third-order valence-electron chi connectivity index (χ3n) is 2.21. The van der Waals surface area contributed by atoms with Crippen LogP contribution in [0.2, 0.25) is 0 Å². The van der Waals surface area contributed by atoms with E-state index in [4.69, 9.17) is 0 Å². The van der Waals surface area contributed by atoms with Crippen molar-refractivity contribution in [3.8, 4) is 0 Å². The maximum Gasteiger partial charge on any atom is 0.537 e. The molecule has 0 heterocycles. The molecule has 7 heteroatoms. The summed E-state index contributed by atoms with van der Waals surface area (Å²) in [6.07, 6.45) is -5.22. The van der Waals surface area contributed by atoms with E-state index < -0.39 is 21.4 Å². The Labute approximate surface area is 104 Å². The highest BCUT2D eigenvalue weighted by molar-refractivity contribution is 7.86. The molecule has 0 aliphatic rings. The van der Waals surface area contributed by atoms with Crippen molar-refractivity contribution in [2.24, 2.45) is 0 Å². The van der Waals surface area contributed by atoms with Crippen molar-refractivity contribution < 1.29 is 25.8 Å².